The van der Waals surface area contributed by atoms with Crippen molar-refractivity contribution in [2.24, 2.45) is 5.92 Å². The predicted molar refractivity (Wildman–Crippen MR) is 102 cm³/mol. The molecule has 0 aliphatic heterocycles. The van der Waals surface area contributed by atoms with Crippen molar-refractivity contribution in [3.63, 3.8) is 0 Å². The van der Waals surface area contributed by atoms with Gasteiger partial charge in [0.25, 0.3) is 5.69 Å². The number of nitrogens with zero attached hydrogens (tertiary/aromatic N) is 4. The van der Waals surface area contributed by atoms with Gasteiger partial charge >= 0.3 is 5.69 Å². The summed E-state index contributed by atoms with van der Waals surface area (Å²) in [6, 6.07) is 6.02. The first kappa shape index (κ1) is 16.1. The Kier molecular flexibility index (Phi) is 3.41. The van der Waals surface area contributed by atoms with Gasteiger partial charge in [-0.15, -0.1) is 16.4 Å². The maximum atomic E-state index is 12.5. The molecular weight excluding hydrogens is 366 g/mol. The standard InChI is InChI=1S/C18H15N5O3S/c1-9-2-7-12-13(8-9)27-17-14(12)16-19-15(21-22(16)18(24)20-17)10-3-5-11(6-4-10)23(25)26/h3-6,9H,2,7-8H2,1H3,(H,20,24). The van der Waals surface area contributed by atoms with Crippen LogP contribution >= 0.6 is 11.3 Å². The minimum atomic E-state index is -0.451. The maximum absolute atomic E-state index is 12.5. The zero-order valence-corrected chi connectivity index (χ0v) is 15.2. The van der Waals surface area contributed by atoms with E-state index in [0.717, 1.165) is 29.5 Å². The van der Waals surface area contributed by atoms with E-state index in [0.29, 0.717) is 23.0 Å². The second-order valence-corrected chi connectivity index (χ2v) is 8.07. The molecule has 27 heavy (non-hydrogen) atoms. The number of aromatic amines is 1. The van der Waals surface area contributed by atoms with Crippen molar-refractivity contribution in [3.8, 4) is 11.4 Å². The fourth-order valence-corrected chi connectivity index (χ4v) is 5.09. The van der Waals surface area contributed by atoms with Crippen LogP contribution in [0.3, 0.4) is 0 Å². The molecule has 136 valence electrons. The molecule has 1 N–H and O–H groups in total. The van der Waals surface area contributed by atoms with Crippen molar-refractivity contribution >= 4 is 32.9 Å². The average Bonchev–Trinajstić information content (AvgIpc) is 3.22. The lowest BCUT2D eigenvalue weighted by Gasteiger charge is -2.17. The molecule has 1 aliphatic carbocycles. The number of aromatic nitrogens is 4. The highest BCUT2D eigenvalue weighted by Gasteiger charge is 2.24. The molecule has 1 unspecified atom stereocenters. The summed E-state index contributed by atoms with van der Waals surface area (Å²) in [6.07, 6.45) is 3.11. The molecule has 3 heterocycles. The monoisotopic (exact) mass is 381 g/mol. The van der Waals surface area contributed by atoms with Crippen LogP contribution in [0.15, 0.2) is 29.1 Å². The normalized spacial score (nSPS) is 16.7. The third-order valence-electron chi connectivity index (χ3n) is 5.09. The Morgan fingerprint density at radius 2 is 2.11 bits per heavy atom. The summed E-state index contributed by atoms with van der Waals surface area (Å²) in [7, 11) is 0. The van der Waals surface area contributed by atoms with E-state index in [-0.39, 0.29) is 11.4 Å². The highest BCUT2D eigenvalue weighted by atomic mass is 32.1. The molecule has 1 atom stereocenters. The van der Waals surface area contributed by atoms with Gasteiger partial charge in [0.1, 0.15) is 4.83 Å². The highest BCUT2D eigenvalue weighted by Crippen LogP contribution is 2.38. The molecule has 8 nitrogen and oxygen atoms in total. The van der Waals surface area contributed by atoms with E-state index < -0.39 is 4.92 Å². The van der Waals surface area contributed by atoms with E-state index in [1.54, 1.807) is 23.5 Å². The van der Waals surface area contributed by atoms with Gasteiger partial charge in [0, 0.05) is 22.6 Å². The van der Waals surface area contributed by atoms with Gasteiger partial charge in [0.05, 0.1) is 10.3 Å². The maximum Gasteiger partial charge on any atom is 0.349 e. The molecule has 5 rings (SSSR count). The average molecular weight is 381 g/mol. The molecule has 9 heteroatoms. The number of thiophene rings is 1. The molecule has 0 fully saturated rings. The van der Waals surface area contributed by atoms with E-state index in [1.807, 2.05) is 0 Å². The van der Waals surface area contributed by atoms with E-state index in [2.05, 4.69) is 22.0 Å². The van der Waals surface area contributed by atoms with E-state index in [4.69, 9.17) is 0 Å². The molecule has 1 aromatic carbocycles. The van der Waals surface area contributed by atoms with Crippen LogP contribution in [0.2, 0.25) is 0 Å². The Balaban J connectivity index is 1.73. The SMILES string of the molecule is CC1CCc2c(sc3[nH]c(=O)n4nc(-c5ccc([N+](=O)[O-])cc5)nc4c23)C1. The highest BCUT2D eigenvalue weighted by molar-refractivity contribution is 7.19. The predicted octanol–water partition coefficient (Wildman–Crippen LogP) is 3.33. The summed E-state index contributed by atoms with van der Waals surface area (Å²) in [5, 5.41) is 16.2. The van der Waals surface area contributed by atoms with Gasteiger partial charge in [0.2, 0.25) is 0 Å². The molecule has 0 saturated heterocycles. The number of aryl methyl sites for hydroxylation is 1. The lowest BCUT2D eigenvalue weighted by atomic mass is 9.89. The van der Waals surface area contributed by atoms with Gasteiger partial charge < -0.3 is 0 Å². The molecule has 4 aromatic rings. The fraction of sp³-hybridized carbons (Fsp3) is 0.278. The van der Waals surface area contributed by atoms with Gasteiger partial charge in [-0.25, -0.2) is 9.78 Å². The molecule has 0 radical (unpaired) electrons. The first-order valence-corrected chi connectivity index (χ1v) is 9.51. The summed E-state index contributed by atoms with van der Waals surface area (Å²) in [5.74, 6) is 1.02. The van der Waals surface area contributed by atoms with E-state index in [9.17, 15) is 14.9 Å². The van der Waals surface area contributed by atoms with Crippen molar-refractivity contribution in [1.82, 2.24) is 19.6 Å². The van der Waals surface area contributed by atoms with Gasteiger partial charge in [-0.2, -0.15) is 4.52 Å². The summed E-state index contributed by atoms with van der Waals surface area (Å²) in [6.45, 7) is 2.25. The van der Waals surface area contributed by atoms with Crippen LogP contribution in [0, 0.1) is 16.0 Å². The second kappa shape index (κ2) is 5.71. The van der Waals surface area contributed by atoms with Crippen LogP contribution in [0.25, 0.3) is 27.3 Å². The smallest absolute Gasteiger partial charge is 0.297 e. The Labute approximate surface area is 156 Å². The number of nitrogens with one attached hydrogen (secondary N) is 1. The first-order valence-electron chi connectivity index (χ1n) is 8.69. The fourth-order valence-electron chi connectivity index (χ4n) is 3.70. The van der Waals surface area contributed by atoms with Crippen LogP contribution in [0.5, 0.6) is 0 Å². The molecule has 0 bridgehead atoms. The van der Waals surface area contributed by atoms with Crippen LogP contribution in [-0.2, 0) is 12.8 Å². The summed E-state index contributed by atoms with van der Waals surface area (Å²) in [5.41, 5.74) is 2.12. The molecule has 0 amide bonds. The number of rotatable bonds is 2. The number of hydrogen-bond donors (Lipinski definition) is 1. The minimum absolute atomic E-state index is 0.00350. The van der Waals surface area contributed by atoms with Gasteiger partial charge in [-0.3, -0.25) is 15.1 Å². The second-order valence-electron chi connectivity index (χ2n) is 6.96. The number of benzene rings is 1. The molecule has 0 saturated carbocycles. The van der Waals surface area contributed by atoms with Crippen molar-refractivity contribution in [2.75, 3.05) is 0 Å². The van der Waals surface area contributed by atoms with Gasteiger partial charge in [-0.1, -0.05) is 6.92 Å². The zero-order valence-electron chi connectivity index (χ0n) is 14.4. The Morgan fingerprint density at radius 1 is 1.33 bits per heavy atom. The Bertz CT molecular complexity index is 1270. The lowest BCUT2D eigenvalue weighted by molar-refractivity contribution is -0.384. The lowest BCUT2D eigenvalue weighted by Crippen LogP contribution is -2.17. The van der Waals surface area contributed by atoms with E-state index >= 15 is 0 Å². The van der Waals surface area contributed by atoms with Crippen LogP contribution in [0.4, 0.5) is 5.69 Å². The molecular formula is C18H15N5O3S. The number of nitro benzene ring substituents is 1. The number of H-pyrrole nitrogens is 1. The van der Waals surface area contributed by atoms with Crippen LogP contribution in [0.1, 0.15) is 23.8 Å². The number of nitro groups is 1. The Morgan fingerprint density at radius 3 is 2.85 bits per heavy atom. The third kappa shape index (κ3) is 2.46. The molecule has 0 spiro atoms. The van der Waals surface area contributed by atoms with E-state index in [1.165, 1.54) is 27.1 Å². The largest absolute Gasteiger partial charge is 0.349 e. The number of non-ortho nitro benzene ring substituents is 1. The van der Waals surface area contributed by atoms with Crippen molar-refractivity contribution < 1.29 is 4.92 Å². The van der Waals surface area contributed by atoms with Crippen molar-refractivity contribution in [3.05, 3.63) is 55.3 Å². The third-order valence-corrected chi connectivity index (χ3v) is 6.26. The van der Waals surface area contributed by atoms with Gasteiger partial charge in [-0.05, 0) is 42.9 Å². The van der Waals surface area contributed by atoms with Gasteiger partial charge in [0.15, 0.2) is 11.5 Å². The summed E-state index contributed by atoms with van der Waals surface area (Å²) < 4.78 is 1.30. The summed E-state index contributed by atoms with van der Waals surface area (Å²) in [4.78, 5) is 32.6. The zero-order chi connectivity index (χ0) is 18.7. The van der Waals surface area contributed by atoms with Crippen molar-refractivity contribution in [1.29, 1.82) is 0 Å². The number of hydrogen-bond acceptors (Lipinski definition) is 6. The van der Waals surface area contributed by atoms with Crippen LogP contribution in [-0.4, -0.2) is 24.5 Å². The summed E-state index contributed by atoms with van der Waals surface area (Å²) >= 11 is 1.63. The molecule has 3 aromatic heterocycles. The first-order chi connectivity index (χ1) is 13.0. The van der Waals surface area contributed by atoms with Crippen LogP contribution < -0.4 is 5.69 Å². The topological polar surface area (TPSA) is 106 Å². The molecule has 1 aliphatic rings. The minimum Gasteiger partial charge on any atom is -0.297 e. The Hall–Kier alpha value is -3.07. The number of fused-ring (bicyclic) bond motifs is 5. The van der Waals surface area contributed by atoms with Crippen molar-refractivity contribution in [2.45, 2.75) is 26.2 Å². The quantitative estimate of drug-likeness (QED) is 0.423.